The third-order valence-electron chi connectivity index (χ3n) is 1.92. The fourth-order valence-electron chi connectivity index (χ4n) is 1.18. The molecule has 0 spiro atoms. The van der Waals surface area contributed by atoms with Gasteiger partial charge in [0, 0.05) is 17.1 Å². The molecule has 0 N–H and O–H groups in total. The maximum Gasteiger partial charge on any atom is 0.129 e. The molecule has 0 bridgehead atoms. The Morgan fingerprint density at radius 1 is 1.47 bits per heavy atom. The van der Waals surface area contributed by atoms with E-state index in [0.29, 0.717) is 23.5 Å². The molecule has 0 heterocycles. The summed E-state index contributed by atoms with van der Waals surface area (Å²) in [7, 11) is -1.20. The Morgan fingerprint density at radius 2 is 2.20 bits per heavy atom. The van der Waals surface area contributed by atoms with Crippen LogP contribution in [-0.4, -0.2) is 15.7 Å². The number of ketones is 1. The number of carbonyl (C=O) groups is 1. The van der Waals surface area contributed by atoms with Crippen LogP contribution in [0.25, 0.3) is 0 Å². The van der Waals surface area contributed by atoms with Gasteiger partial charge in [-0.2, -0.15) is 0 Å². The molecule has 0 saturated heterocycles. The lowest BCUT2D eigenvalue weighted by molar-refractivity contribution is -0.117. The average molecular weight is 228 g/mol. The molecule has 0 aliphatic heterocycles. The first-order chi connectivity index (χ1) is 7.09. The predicted molar refractivity (Wildman–Crippen MR) is 57.6 cm³/mol. The number of halogens is 1. The molecule has 0 aromatic heterocycles. The minimum atomic E-state index is -1.20. The molecule has 1 aromatic rings. The van der Waals surface area contributed by atoms with E-state index < -0.39 is 10.8 Å². The summed E-state index contributed by atoms with van der Waals surface area (Å²) >= 11 is 0. The van der Waals surface area contributed by atoms with Gasteiger partial charge in [-0.05, 0) is 31.5 Å². The molecule has 0 amide bonds. The molecule has 1 rings (SSSR count). The van der Waals surface area contributed by atoms with Gasteiger partial charge in [-0.3, -0.25) is 4.21 Å². The van der Waals surface area contributed by atoms with Crippen LogP contribution in [0.4, 0.5) is 4.39 Å². The third kappa shape index (κ3) is 4.34. The van der Waals surface area contributed by atoms with Crippen LogP contribution < -0.4 is 0 Å². The molecule has 0 saturated carbocycles. The molecule has 1 aromatic carbocycles. The van der Waals surface area contributed by atoms with Crippen LogP contribution in [0, 0.1) is 5.82 Å². The summed E-state index contributed by atoms with van der Waals surface area (Å²) in [6.45, 7) is 1.51. The second-order valence-electron chi connectivity index (χ2n) is 3.31. The van der Waals surface area contributed by atoms with E-state index in [1.54, 1.807) is 6.07 Å². The number of benzene rings is 1. The highest BCUT2D eigenvalue weighted by Crippen LogP contribution is 2.10. The highest BCUT2D eigenvalue weighted by Gasteiger charge is 2.05. The largest absolute Gasteiger partial charge is 0.300 e. The number of carbonyl (C=O) groups excluding carboxylic acids is 1. The van der Waals surface area contributed by atoms with E-state index in [1.807, 2.05) is 0 Å². The second kappa shape index (κ2) is 5.75. The summed E-state index contributed by atoms with van der Waals surface area (Å²) < 4.78 is 24.4. The Hall–Kier alpha value is -1.03. The average Bonchev–Trinajstić information content (AvgIpc) is 2.17. The molecule has 0 fully saturated rings. The van der Waals surface area contributed by atoms with E-state index in [-0.39, 0.29) is 11.6 Å². The normalized spacial score (nSPS) is 12.4. The standard InChI is InChI=1S/C11H13FO2S/c1-9(13)4-3-7-15(14)11-6-2-5-10(12)8-11/h2,5-6,8H,3-4,7H2,1H3. The number of rotatable bonds is 5. The minimum Gasteiger partial charge on any atom is -0.300 e. The van der Waals surface area contributed by atoms with Crippen molar-refractivity contribution in [2.24, 2.45) is 0 Å². The topological polar surface area (TPSA) is 34.1 Å². The predicted octanol–water partition coefficient (Wildman–Crippen LogP) is 2.30. The van der Waals surface area contributed by atoms with Gasteiger partial charge in [0.2, 0.25) is 0 Å². The lowest BCUT2D eigenvalue weighted by Gasteiger charge is -2.01. The van der Waals surface area contributed by atoms with Gasteiger partial charge in [-0.15, -0.1) is 0 Å². The Labute approximate surface area is 91.0 Å². The van der Waals surface area contributed by atoms with Crippen LogP contribution in [0.15, 0.2) is 29.2 Å². The molecule has 2 nitrogen and oxygen atoms in total. The zero-order valence-corrected chi connectivity index (χ0v) is 9.35. The molecule has 1 unspecified atom stereocenters. The highest BCUT2D eigenvalue weighted by atomic mass is 32.2. The molecule has 4 heteroatoms. The van der Waals surface area contributed by atoms with Gasteiger partial charge < -0.3 is 4.79 Å². The SMILES string of the molecule is CC(=O)CCCS(=O)c1cccc(F)c1. The number of Topliss-reactive ketones (excluding diaryl/α,β-unsaturated/α-hetero) is 1. The fourth-order valence-corrected chi connectivity index (χ4v) is 2.30. The van der Waals surface area contributed by atoms with Crippen molar-refractivity contribution >= 4 is 16.6 Å². The van der Waals surface area contributed by atoms with E-state index in [4.69, 9.17) is 0 Å². The molecule has 15 heavy (non-hydrogen) atoms. The van der Waals surface area contributed by atoms with Crippen LogP contribution in [0.2, 0.25) is 0 Å². The zero-order valence-electron chi connectivity index (χ0n) is 8.53. The summed E-state index contributed by atoms with van der Waals surface area (Å²) in [5, 5.41) is 0. The van der Waals surface area contributed by atoms with Gasteiger partial charge in [0.1, 0.15) is 11.6 Å². The lowest BCUT2D eigenvalue weighted by Crippen LogP contribution is -2.01. The molecule has 0 aliphatic rings. The van der Waals surface area contributed by atoms with Crippen molar-refractivity contribution in [3.8, 4) is 0 Å². The van der Waals surface area contributed by atoms with Crippen molar-refractivity contribution in [1.29, 1.82) is 0 Å². The van der Waals surface area contributed by atoms with Crippen molar-refractivity contribution in [3.63, 3.8) is 0 Å². The monoisotopic (exact) mass is 228 g/mol. The Morgan fingerprint density at radius 3 is 2.80 bits per heavy atom. The summed E-state index contributed by atoms with van der Waals surface area (Å²) in [6, 6.07) is 5.75. The summed E-state index contributed by atoms with van der Waals surface area (Å²) in [5.41, 5.74) is 0. The first-order valence-electron chi connectivity index (χ1n) is 4.73. The van der Waals surface area contributed by atoms with Crippen molar-refractivity contribution < 1.29 is 13.4 Å². The summed E-state index contributed by atoms with van der Waals surface area (Å²) in [6.07, 6.45) is 1.01. The lowest BCUT2D eigenvalue weighted by atomic mass is 10.3. The smallest absolute Gasteiger partial charge is 0.129 e. The Balaban J connectivity index is 2.50. The maximum atomic E-state index is 12.8. The Bertz CT molecular complexity index is 377. The van der Waals surface area contributed by atoms with Crippen LogP contribution in [0.3, 0.4) is 0 Å². The summed E-state index contributed by atoms with van der Waals surface area (Å²) in [4.78, 5) is 11.1. The van der Waals surface area contributed by atoms with Crippen LogP contribution in [0.1, 0.15) is 19.8 Å². The first-order valence-corrected chi connectivity index (χ1v) is 6.05. The molecular formula is C11H13FO2S. The van der Waals surface area contributed by atoms with E-state index in [0.717, 1.165) is 0 Å². The van der Waals surface area contributed by atoms with Crippen LogP contribution in [0.5, 0.6) is 0 Å². The maximum absolute atomic E-state index is 12.8. The minimum absolute atomic E-state index is 0.0891. The van der Waals surface area contributed by atoms with Gasteiger partial charge in [-0.1, -0.05) is 6.07 Å². The van der Waals surface area contributed by atoms with E-state index in [1.165, 1.54) is 25.1 Å². The van der Waals surface area contributed by atoms with Gasteiger partial charge in [0.05, 0.1) is 10.8 Å². The van der Waals surface area contributed by atoms with Gasteiger partial charge in [0.25, 0.3) is 0 Å². The first kappa shape index (κ1) is 12.0. The van der Waals surface area contributed by atoms with Crippen molar-refractivity contribution in [3.05, 3.63) is 30.1 Å². The molecule has 82 valence electrons. The van der Waals surface area contributed by atoms with E-state index in [2.05, 4.69) is 0 Å². The number of hydrogen-bond donors (Lipinski definition) is 0. The quantitative estimate of drug-likeness (QED) is 0.775. The molecular weight excluding hydrogens is 215 g/mol. The van der Waals surface area contributed by atoms with Crippen LogP contribution >= 0.6 is 0 Å². The second-order valence-corrected chi connectivity index (χ2v) is 4.88. The van der Waals surface area contributed by atoms with Crippen molar-refractivity contribution in [1.82, 2.24) is 0 Å². The molecule has 0 radical (unpaired) electrons. The molecule has 0 aliphatic carbocycles. The molecule has 1 atom stereocenters. The Kier molecular flexibility index (Phi) is 4.62. The third-order valence-corrected chi connectivity index (χ3v) is 3.36. The fraction of sp³-hybridized carbons (Fsp3) is 0.364. The van der Waals surface area contributed by atoms with Gasteiger partial charge in [-0.25, -0.2) is 4.39 Å². The van der Waals surface area contributed by atoms with Gasteiger partial charge >= 0.3 is 0 Å². The summed E-state index contributed by atoms with van der Waals surface area (Å²) in [5.74, 6) is 0.113. The van der Waals surface area contributed by atoms with Crippen LogP contribution in [-0.2, 0) is 15.6 Å². The van der Waals surface area contributed by atoms with E-state index in [9.17, 15) is 13.4 Å². The number of hydrogen-bond acceptors (Lipinski definition) is 2. The van der Waals surface area contributed by atoms with Crippen molar-refractivity contribution in [2.45, 2.75) is 24.7 Å². The zero-order chi connectivity index (χ0) is 11.3. The van der Waals surface area contributed by atoms with Gasteiger partial charge in [0.15, 0.2) is 0 Å². The van der Waals surface area contributed by atoms with E-state index >= 15 is 0 Å². The highest BCUT2D eigenvalue weighted by molar-refractivity contribution is 7.85. The van der Waals surface area contributed by atoms with Crippen molar-refractivity contribution in [2.75, 3.05) is 5.75 Å².